The molecule has 452 valence electrons. The average Bonchev–Trinajstić information content (AvgIpc) is 3.44. The van der Waals surface area contributed by atoms with Crippen molar-refractivity contribution in [3.05, 3.63) is 72.9 Å². The summed E-state index contributed by atoms with van der Waals surface area (Å²) >= 11 is 0. The van der Waals surface area contributed by atoms with Crippen molar-refractivity contribution in [1.29, 1.82) is 0 Å². The fourth-order valence-corrected chi connectivity index (χ4v) is 9.77. The number of hydrogen-bond donors (Lipinski definition) is 0. The number of rotatable bonds is 62. The third-order valence-electron chi connectivity index (χ3n) is 14.9. The van der Waals surface area contributed by atoms with Gasteiger partial charge in [0.25, 0.3) is 0 Å². The summed E-state index contributed by atoms with van der Waals surface area (Å²) in [6.45, 7) is 6.59. The molecule has 0 aliphatic rings. The van der Waals surface area contributed by atoms with E-state index in [4.69, 9.17) is 14.2 Å². The first-order valence-corrected chi connectivity index (χ1v) is 33.9. The number of unbranched alkanes of at least 4 members (excludes halogenated alkanes) is 39. The van der Waals surface area contributed by atoms with E-state index < -0.39 is 6.10 Å². The number of ether oxygens (including phenoxy) is 3. The van der Waals surface area contributed by atoms with Gasteiger partial charge in [-0.1, -0.05) is 286 Å². The van der Waals surface area contributed by atoms with Gasteiger partial charge in [0.15, 0.2) is 6.10 Å². The van der Waals surface area contributed by atoms with Gasteiger partial charge in [0.2, 0.25) is 0 Å². The summed E-state index contributed by atoms with van der Waals surface area (Å²) in [5, 5.41) is 0. The molecular formula is C72H128O6. The van der Waals surface area contributed by atoms with Crippen molar-refractivity contribution in [3.63, 3.8) is 0 Å². The molecule has 0 aliphatic heterocycles. The fourth-order valence-electron chi connectivity index (χ4n) is 9.77. The van der Waals surface area contributed by atoms with Crippen molar-refractivity contribution in [3.8, 4) is 0 Å². The van der Waals surface area contributed by atoms with E-state index >= 15 is 0 Å². The van der Waals surface area contributed by atoms with E-state index in [1.165, 1.54) is 205 Å². The van der Waals surface area contributed by atoms with Gasteiger partial charge in [0.05, 0.1) is 0 Å². The third-order valence-corrected chi connectivity index (χ3v) is 14.9. The molecular weight excluding hydrogens is 961 g/mol. The first-order chi connectivity index (χ1) is 38.5. The Morgan fingerprint density at radius 1 is 0.256 bits per heavy atom. The highest BCUT2D eigenvalue weighted by Crippen LogP contribution is 2.17. The number of carbonyl (C=O) groups is 3. The number of esters is 3. The van der Waals surface area contributed by atoms with E-state index in [0.29, 0.717) is 19.3 Å². The van der Waals surface area contributed by atoms with E-state index in [1.807, 2.05) is 0 Å². The van der Waals surface area contributed by atoms with E-state index in [9.17, 15) is 14.4 Å². The molecule has 0 fully saturated rings. The zero-order chi connectivity index (χ0) is 56.4. The van der Waals surface area contributed by atoms with Gasteiger partial charge in [-0.15, -0.1) is 0 Å². The summed E-state index contributed by atoms with van der Waals surface area (Å²) in [7, 11) is 0. The average molecular weight is 1090 g/mol. The molecule has 0 aliphatic carbocycles. The molecule has 0 heterocycles. The lowest BCUT2D eigenvalue weighted by Gasteiger charge is -2.18. The van der Waals surface area contributed by atoms with Crippen LogP contribution in [0.2, 0.25) is 0 Å². The van der Waals surface area contributed by atoms with Crippen molar-refractivity contribution in [1.82, 2.24) is 0 Å². The van der Waals surface area contributed by atoms with Crippen LogP contribution >= 0.6 is 0 Å². The van der Waals surface area contributed by atoms with Crippen LogP contribution in [0, 0.1) is 0 Å². The molecule has 0 N–H and O–H groups in total. The highest BCUT2D eigenvalue weighted by molar-refractivity contribution is 5.71. The second-order valence-electron chi connectivity index (χ2n) is 22.7. The molecule has 0 bridgehead atoms. The van der Waals surface area contributed by atoms with Gasteiger partial charge in [0, 0.05) is 19.3 Å². The third kappa shape index (κ3) is 63.7. The normalized spacial score (nSPS) is 12.5. The monoisotopic (exact) mass is 1090 g/mol. The summed E-state index contributed by atoms with van der Waals surface area (Å²) in [5.41, 5.74) is 0. The fraction of sp³-hybridized carbons (Fsp3) is 0.792. The van der Waals surface area contributed by atoms with E-state index in [1.54, 1.807) is 0 Å². The van der Waals surface area contributed by atoms with Gasteiger partial charge >= 0.3 is 17.9 Å². The molecule has 0 amide bonds. The van der Waals surface area contributed by atoms with Crippen LogP contribution in [0.15, 0.2) is 72.9 Å². The largest absolute Gasteiger partial charge is 0.462 e. The lowest BCUT2D eigenvalue weighted by atomic mass is 10.0. The molecule has 0 aromatic rings. The molecule has 0 aromatic carbocycles. The topological polar surface area (TPSA) is 78.9 Å². The molecule has 0 spiro atoms. The van der Waals surface area contributed by atoms with E-state index in [2.05, 4.69) is 93.7 Å². The minimum Gasteiger partial charge on any atom is -0.462 e. The first-order valence-electron chi connectivity index (χ1n) is 33.9. The lowest BCUT2D eigenvalue weighted by Crippen LogP contribution is -2.30. The predicted molar refractivity (Wildman–Crippen MR) is 339 cm³/mol. The van der Waals surface area contributed by atoms with Gasteiger partial charge in [-0.25, -0.2) is 0 Å². The Morgan fingerprint density at radius 3 is 0.756 bits per heavy atom. The summed E-state index contributed by atoms with van der Waals surface area (Å²) in [6, 6.07) is 0. The summed E-state index contributed by atoms with van der Waals surface area (Å²) in [6.07, 6.45) is 86.5. The Morgan fingerprint density at radius 2 is 0.462 bits per heavy atom. The Hall–Kier alpha value is -3.15. The standard InChI is InChI=1S/C72H128O6/c1-4-7-10-13-16-19-22-25-27-28-29-30-31-32-33-34-35-36-37-38-39-40-41-42-43-44-46-47-50-53-56-59-62-65-71(74)77-68-69(67-76-70(73)64-61-58-55-52-49-24-21-18-15-12-9-6-3)78-72(75)66-63-60-57-54-51-48-45-26-23-20-17-14-11-8-5-2/h17-18,20-22,25-26,28-29,31-32,45,69H,4-16,19,23-24,27,30,33-44,46-68H2,1-3H3/b20-17-,21-18-,25-22-,29-28-,32-31-,45-26-. The van der Waals surface area contributed by atoms with Crippen LogP contribution in [-0.2, 0) is 28.6 Å². The second-order valence-corrected chi connectivity index (χ2v) is 22.7. The van der Waals surface area contributed by atoms with Gasteiger partial charge in [0.1, 0.15) is 13.2 Å². The van der Waals surface area contributed by atoms with Gasteiger partial charge in [-0.2, -0.15) is 0 Å². The maximum atomic E-state index is 12.9. The van der Waals surface area contributed by atoms with E-state index in [0.717, 1.165) is 103 Å². The van der Waals surface area contributed by atoms with Crippen LogP contribution < -0.4 is 0 Å². The number of hydrogen-bond acceptors (Lipinski definition) is 6. The molecule has 78 heavy (non-hydrogen) atoms. The maximum absolute atomic E-state index is 12.9. The zero-order valence-corrected chi connectivity index (χ0v) is 51.9. The van der Waals surface area contributed by atoms with Gasteiger partial charge in [-0.3, -0.25) is 14.4 Å². The summed E-state index contributed by atoms with van der Waals surface area (Å²) in [4.78, 5) is 38.2. The van der Waals surface area contributed by atoms with Crippen molar-refractivity contribution in [2.45, 2.75) is 354 Å². The molecule has 0 saturated carbocycles. The SMILES string of the molecule is CCCCC/C=C\C/C=C\CCCCCCCC(=O)OC(COC(=O)CCCCCCC/C=C\CCCCC)COC(=O)CCCCCCCCCCCCCCCCCCCC/C=C\C/C=C\C/C=C\CCCCCCC. The van der Waals surface area contributed by atoms with Crippen molar-refractivity contribution in [2.75, 3.05) is 13.2 Å². The Kier molecular flexibility index (Phi) is 63.7. The maximum Gasteiger partial charge on any atom is 0.306 e. The zero-order valence-electron chi connectivity index (χ0n) is 51.9. The highest BCUT2D eigenvalue weighted by Gasteiger charge is 2.19. The van der Waals surface area contributed by atoms with Crippen LogP contribution in [0.3, 0.4) is 0 Å². The Labute approximate surface area is 484 Å². The quantitative estimate of drug-likeness (QED) is 0.0261. The van der Waals surface area contributed by atoms with Crippen molar-refractivity contribution in [2.24, 2.45) is 0 Å². The van der Waals surface area contributed by atoms with Crippen molar-refractivity contribution >= 4 is 17.9 Å². The lowest BCUT2D eigenvalue weighted by molar-refractivity contribution is -0.167. The Balaban J connectivity index is 4.12. The highest BCUT2D eigenvalue weighted by atomic mass is 16.6. The second kappa shape index (κ2) is 66.4. The van der Waals surface area contributed by atoms with Crippen LogP contribution in [0.5, 0.6) is 0 Å². The Bertz CT molecular complexity index is 1440. The molecule has 0 rings (SSSR count). The van der Waals surface area contributed by atoms with Crippen LogP contribution in [0.1, 0.15) is 348 Å². The number of allylic oxidation sites excluding steroid dienone is 12. The van der Waals surface area contributed by atoms with Gasteiger partial charge < -0.3 is 14.2 Å². The predicted octanol–water partition coefficient (Wildman–Crippen LogP) is 23.3. The van der Waals surface area contributed by atoms with Crippen LogP contribution in [0.4, 0.5) is 0 Å². The van der Waals surface area contributed by atoms with Gasteiger partial charge in [-0.05, 0) is 116 Å². The van der Waals surface area contributed by atoms with Crippen molar-refractivity contribution < 1.29 is 28.6 Å². The minimum absolute atomic E-state index is 0.0807. The first kappa shape index (κ1) is 74.8. The summed E-state index contributed by atoms with van der Waals surface area (Å²) in [5.74, 6) is -0.889. The molecule has 1 unspecified atom stereocenters. The molecule has 0 aromatic heterocycles. The molecule has 1 atom stereocenters. The van der Waals surface area contributed by atoms with Crippen LogP contribution in [0.25, 0.3) is 0 Å². The smallest absolute Gasteiger partial charge is 0.306 e. The summed E-state index contributed by atoms with van der Waals surface area (Å²) < 4.78 is 16.9. The van der Waals surface area contributed by atoms with Crippen LogP contribution in [-0.4, -0.2) is 37.2 Å². The van der Waals surface area contributed by atoms with E-state index in [-0.39, 0.29) is 31.1 Å². The minimum atomic E-state index is -0.785. The number of carbonyl (C=O) groups excluding carboxylic acids is 3. The molecule has 6 nitrogen and oxygen atoms in total. The molecule has 0 saturated heterocycles. The molecule has 0 radical (unpaired) electrons. The molecule has 6 heteroatoms.